The summed E-state index contributed by atoms with van der Waals surface area (Å²) in [4.78, 5) is 85.1. The van der Waals surface area contributed by atoms with E-state index in [9.17, 15) is 125 Å². The second-order valence-electron chi connectivity index (χ2n) is 37.5. The minimum Gasteiger partial charge on any atom is -1.00 e. The first-order valence-electron chi connectivity index (χ1n) is 44.7. The van der Waals surface area contributed by atoms with Crippen LogP contribution in [0.5, 0.6) is 0 Å². The first-order valence-corrected chi connectivity index (χ1v) is 49.3. The summed E-state index contributed by atoms with van der Waals surface area (Å²) in [7, 11) is 1.60. The van der Waals surface area contributed by atoms with E-state index in [-0.39, 0.29) is 36.2 Å². The van der Waals surface area contributed by atoms with Crippen molar-refractivity contribution in [1.82, 2.24) is 0 Å². The highest BCUT2D eigenvalue weighted by molar-refractivity contribution is 14.1. The number of anilines is 1. The number of H-pyrrole nitrogens is 1. The number of ether oxygens (including phenoxy) is 6. The van der Waals surface area contributed by atoms with Crippen molar-refractivity contribution in [2.45, 2.75) is 239 Å². The van der Waals surface area contributed by atoms with Crippen molar-refractivity contribution in [2.24, 2.45) is 94.7 Å². The lowest BCUT2D eigenvalue weighted by atomic mass is 9.49. The van der Waals surface area contributed by atoms with E-state index in [2.05, 4.69) is 46.3 Å². The minimum atomic E-state index is -4.58. The van der Waals surface area contributed by atoms with Gasteiger partial charge in [-0.15, -0.1) is 0 Å². The van der Waals surface area contributed by atoms with Gasteiger partial charge < -0.3 is 50.3 Å². The van der Waals surface area contributed by atoms with E-state index in [1.165, 1.54) is 91.3 Å². The molecule has 2 saturated heterocycles. The summed E-state index contributed by atoms with van der Waals surface area (Å²) in [5, 5.41) is 0. The molecule has 7 aromatic rings. The third-order valence-corrected chi connectivity index (χ3v) is 33.7. The van der Waals surface area contributed by atoms with Crippen LogP contribution in [0.1, 0.15) is 158 Å². The molecule has 2 aliphatic heterocycles. The van der Waals surface area contributed by atoms with Crippen molar-refractivity contribution in [1.29, 1.82) is 0 Å². The van der Waals surface area contributed by atoms with Crippen LogP contribution in [0.3, 0.4) is 0 Å². The summed E-state index contributed by atoms with van der Waals surface area (Å²) in [5.74, 6) is -12.6. The van der Waals surface area contributed by atoms with Crippen LogP contribution in [-0.4, -0.2) is 102 Å². The van der Waals surface area contributed by atoms with E-state index in [1.807, 2.05) is 43.6 Å². The predicted molar refractivity (Wildman–Crippen MR) is 467 cm³/mol. The van der Waals surface area contributed by atoms with Gasteiger partial charge in [-0.3, -0.25) is 19.2 Å². The number of alkyl halides is 23. The Labute approximate surface area is 817 Å². The molecular weight excluding hydrogens is 2100 g/mol. The standard InChI is InChI=1S/2C24H30F2O6.2C21H12F9S.C7H10N2.CH3I.CH4.BrH/c2*1-3-24(12-5-10-4-11(7-12)8-13(24)6-10)32-21(28)17-15-9-14-16(17)20(27)30-18(14)19(15)31-22(29)23(2,25)26;2*22-19(23,24)13-1-7-16(8-2-13)31(17-9-3-14(4-10-17)20(25,26)27)18-11-5-15(6-12-18)21(28,29)30;1-9(2)7-3-5-8-6-4-7;1-2;;/h2*10-19H,3-9H2,1-2H3;2*1-12H;3-6H,1-2H3;1H3;1H4;1H/q;;2*+1;;;;. The zero-order valence-electron chi connectivity index (χ0n) is 74.8. The summed E-state index contributed by atoms with van der Waals surface area (Å²) in [6.45, 7) is 5.11. The summed E-state index contributed by atoms with van der Waals surface area (Å²) in [6, 6.07) is 27.9. The number of pyridine rings is 1. The van der Waals surface area contributed by atoms with Crippen LogP contribution >= 0.6 is 22.6 Å². The fourth-order valence-electron chi connectivity index (χ4n) is 23.7. The molecular formula is C99H102BrF22IN2O12S2+2. The lowest BCUT2D eigenvalue weighted by Gasteiger charge is -2.60. The number of aromatic amines is 1. The molecule has 12 saturated carbocycles. The Morgan fingerprint density at radius 3 is 0.784 bits per heavy atom. The smallest absolute Gasteiger partial charge is 0.416 e. The van der Waals surface area contributed by atoms with Crippen LogP contribution in [0, 0.1) is 94.7 Å². The van der Waals surface area contributed by atoms with Crippen LogP contribution in [0.25, 0.3) is 0 Å². The second-order valence-corrected chi connectivity index (χ2v) is 41.6. The molecule has 40 heteroatoms. The Kier molecular flexibility index (Phi) is 32.7. The zero-order valence-corrected chi connectivity index (χ0v) is 80.2. The molecule has 1 aromatic heterocycles. The number of nitrogens with zero attached hydrogens (tertiary/aromatic N) is 1. The third kappa shape index (κ3) is 22.8. The number of carbonyl (C=O) groups is 6. The zero-order chi connectivity index (χ0) is 99.9. The topological polar surface area (TPSA) is 175 Å². The van der Waals surface area contributed by atoms with Gasteiger partial charge in [0.05, 0.1) is 78.8 Å². The summed E-state index contributed by atoms with van der Waals surface area (Å²) in [6.07, 6.45) is -13.5. The second kappa shape index (κ2) is 41.7. The Hall–Kier alpha value is -8.54. The normalized spacial score (nSPS) is 29.4. The maximum absolute atomic E-state index is 13.6. The number of nitrogens with one attached hydrogen (secondary N) is 1. The van der Waals surface area contributed by atoms with E-state index in [0.29, 0.717) is 79.7 Å². The van der Waals surface area contributed by atoms with Gasteiger partial charge in [-0.1, -0.05) is 43.9 Å². The van der Waals surface area contributed by atoms with Gasteiger partial charge in [0.15, 0.2) is 41.8 Å². The molecule has 139 heavy (non-hydrogen) atoms. The van der Waals surface area contributed by atoms with Crippen molar-refractivity contribution < 1.29 is 176 Å². The van der Waals surface area contributed by atoms with Gasteiger partial charge in [0, 0.05) is 69.4 Å². The molecule has 12 aliphatic carbocycles. The summed E-state index contributed by atoms with van der Waals surface area (Å²) < 4.78 is 319. The molecule has 21 rings (SSSR count). The summed E-state index contributed by atoms with van der Waals surface area (Å²) in [5.41, 5.74) is -5.29. The first kappa shape index (κ1) is 109. The molecule has 0 radical (unpaired) electrons. The van der Waals surface area contributed by atoms with Crippen molar-refractivity contribution in [2.75, 3.05) is 23.9 Å². The monoisotopic (exact) mass is 2200 g/mol. The lowest BCUT2D eigenvalue weighted by molar-refractivity contribution is -0.377. The molecule has 14 fully saturated rings. The van der Waals surface area contributed by atoms with Gasteiger partial charge in [0.1, 0.15) is 35.6 Å². The number of fused-ring (bicyclic) bond motifs is 2. The molecule has 3 heterocycles. The van der Waals surface area contributed by atoms with Crippen LogP contribution in [0.15, 0.2) is 199 Å². The molecule has 12 unspecified atom stereocenters. The average molecular weight is 2200 g/mol. The van der Waals surface area contributed by atoms with E-state index in [1.54, 1.807) is 0 Å². The van der Waals surface area contributed by atoms with Crippen molar-refractivity contribution in [3.05, 3.63) is 203 Å². The molecule has 12 atom stereocenters. The van der Waals surface area contributed by atoms with E-state index in [4.69, 9.17) is 28.4 Å². The maximum Gasteiger partial charge on any atom is 0.416 e. The minimum absolute atomic E-state index is 0. The molecule has 758 valence electrons. The number of hydrogen-bond donors (Lipinski definition) is 0. The Morgan fingerprint density at radius 2 is 0.597 bits per heavy atom. The van der Waals surface area contributed by atoms with Crippen LogP contribution in [0.4, 0.5) is 102 Å². The molecule has 14 aliphatic rings. The van der Waals surface area contributed by atoms with E-state index in [0.717, 1.165) is 161 Å². The third-order valence-electron chi connectivity index (χ3n) is 29.3. The van der Waals surface area contributed by atoms with Gasteiger partial charge >= 0.3 is 84.7 Å². The molecule has 6 aromatic carbocycles. The Morgan fingerprint density at radius 1 is 0.374 bits per heavy atom. The molecule has 0 spiro atoms. The highest BCUT2D eigenvalue weighted by atomic mass is 127. The van der Waals surface area contributed by atoms with Crippen molar-refractivity contribution in [3.63, 3.8) is 0 Å². The average Bonchev–Trinajstić information content (AvgIpc) is 1.54. The Balaban J connectivity index is 0.000000159. The van der Waals surface area contributed by atoms with Gasteiger partial charge in [0.25, 0.3) is 0 Å². The SMILES string of the molecule is C.CCC1(OC(=O)C2C3CC4C(OC(=O)C42)C3OC(=O)C(C)(F)F)C2CC3CC(C2)CC1C3.CCC1(OC(=O)C2C3CC4C(OC(=O)C42)C3OC(=O)C(C)(F)F)C2CC3CC(C2)CC1C3.CI.CN(C)c1cc[nH+]cc1.FC(F)(F)c1ccc([S+](c2ccc(C(F)(F)F)cc2)c2ccc(C(F)(F)F)cc2)cc1.FC(F)(F)c1ccc([S+](c2ccc(C(F)(F)F)cc2)c2ccc(C(F)(F)F)cc2)cc1.[Br-]. The predicted octanol–water partition coefficient (Wildman–Crippen LogP) is 22.0. The number of carbonyl (C=O) groups excluding carboxylic acids is 6. The molecule has 0 amide bonds. The first-order chi connectivity index (χ1) is 64.1. The van der Waals surface area contributed by atoms with Gasteiger partial charge in [0.2, 0.25) is 0 Å². The van der Waals surface area contributed by atoms with Gasteiger partial charge in [-0.25, -0.2) is 14.6 Å². The number of rotatable bonds is 17. The highest BCUT2D eigenvalue weighted by Gasteiger charge is 2.74. The largest absolute Gasteiger partial charge is 1.00 e. The summed E-state index contributed by atoms with van der Waals surface area (Å²) >= 11 is 2.15. The van der Waals surface area contributed by atoms with Gasteiger partial charge in [-0.05, 0) is 288 Å². The number of benzene rings is 6. The Bertz CT molecular complexity index is 4810. The van der Waals surface area contributed by atoms with Crippen molar-refractivity contribution >= 4 is 85.9 Å². The lowest BCUT2D eigenvalue weighted by Crippen LogP contribution is -3.00. The quantitative estimate of drug-likeness (QED) is 0.0210. The molecule has 12 bridgehead atoms. The molecule has 1 N–H and O–H groups in total. The van der Waals surface area contributed by atoms with Crippen LogP contribution in [-0.2, 0) is 116 Å². The number of esters is 6. The van der Waals surface area contributed by atoms with E-state index >= 15 is 0 Å². The van der Waals surface area contributed by atoms with Gasteiger partial charge in [-0.2, -0.15) is 96.6 Å². The maximum atomic E-state index is 13.6. The van der Waals surface area contributed by atoms with Crippen LogP contribution in [0.2, 0.25) is 0 Å². The molecule has 14 nitrogen and oxygen atoms in total. The highest BCUT2D eigenvalue weighted by Crippen LogP contribution is 2.66. The number of halogens is 24. The van der Waals surface area contributed by atoms with E-state index < -0.39 is 211 Å². The number of aromatic nitrogens is 1. The number of hydrogen-bond acceptors (Lipinski definition) is 13. The fraction of sp³-hybridized carbons (Fsp3) is 0.525. The fourth-order valence-corrected chi connectivity index (χ4v) is 27.8. The van der Waals surface area contributed by atoms with Crippen molar-refractivity contribution in [3.8, 4) is 0 Å². The van der Waals surface area contributed by atoms with Crippen LogP contribution < -0.4 is 26.9 Å².